The Morgan fingerprint density at radius 2 is 1.95 bits per heavy atom. The summed E-state index contributed by atoms with van der Waals surface area (Å²) in [6.45, 7) is 0. The van der Waals surface area contributed by atoms with Gasteiger partial charge in [-0.2, -0.15) is 0 Å². The minimum absolute atomic E-state index is 0.219. The van der Waals surface area contributed by atoms with Gasteiger partial charge in [0.05, 0.1) is 5.69 Å². The van der Waals surface area contributed by atoms with Gasteiger partial charge in [-0.1, -0.05) is 12.1 Å². The van der Waals surface area contributed by atoms with Gasteiger partial charge in [0.25, 0.3) is 5.78 Å². The van der Waals surface area contributed by atoms with Crippen molar-refractivity contribution < 1.29 is 24.2 Å². The molecule has 0 fully saturated rings. The van der Waals surface area contributed by atoms with Crippen LogP contribution in [0.3, 0.4) is 0 Å². The summed E-state index contributed by atoms with van der Waals surface area (Å²) < 4.78 is 13.1. The number of hydrogen-bond acceptors (Lipinski definition) is 3. The van der Waals surface area contributed by atoms with Gasteiger partial charge in [-0.15, -0.1) is 0 Å². The van der Waals surface area contributed by atoms with E-state index < -0.39 is 17.5 Å². The molecule has 21 heavy (non-hydrogen) atoms. The molecule has 0 aliphatic heterocycles. The zero-order valence-corrected chi connectivity index (χ0v) is 10.8. The fraction of sp³-hybridized carbons (Fsp3) is 0.0667. The van der Waals surface area contributed by atoms with Crippen LogP contribution in [0.1, 0.15) is 16.8 Å². The van der Waals surface area contributed by atoms with Gasteiger partial charge in [-0.3, -0.25) is 4.79 Å². The molecule has 0 aliphatic rings. The molecular formula is C15H12FNO4. The number of aromatic nitrogens is 1. The Hall–Kier alpha value is -2.89. The summed E-state index contributed by atoms with van der Waals surface area (Å²) in [5, 5.41) is 18.1. The summed E-state index contributed by atoms with van der Waals surface area (Å²) >= 11 is 0. The van der Waals surface area contributed by atoms with Crippen molar-refractivity contribution in [3.63, 3.8) is 0 Å². The number of H-pyrrole nitrogens is 1. The molecule has 6 heteroatoms. The van der Waals surface area contributed by atoms with E-state index in [2.05, 4.69) is 4.98 Å². The maximum Gasteiger partial charge on any atom is 0.376 e. The van der Waals surface area contributed by atoms with Crippen molar-refractivity contribution in [1.29, 1.82) is 0 Å². The van der Waals surface area contributed by atoms with Crippen LogP contribution in [-0.2, 0) is 16.0 Å². The topological polar surface area (TPSA) is 90.4 Å². The van der Waals surface area contributed by atoms with Gasteiger partial charge in [0.1, 0.15) is 11.6 Å². The fourth-order valence-corrected chi connectivity index (χ4v) is 1.84. The van der Waals surface area contributed by atoms with Crippen LogP contribution in [0, 0.1) is 5.82 Å². The normalized spacial score (nSPS) is 11.4. The number of carbonyl (C=O) groups is 2. The molecule has 0 atom stereocenters. The zero-order valence-electron chi connectivity index (χ0n) is 10.8. The molecule has 0 saturated heterocycles. The molecule has 0 saturated carbocycles. The molecule has 2 rings (SSSR count). The summed E-state index contributed by atoms with van der Waals surface area (Å²) in [4.78, 5) is 24.1. The number of ketones is 1. The SMILES string of the molecule is O=C(O)C(=O)C=C(O)c1cc(Cc2cccc(F)c2)c[nH]1. The van der Waals surface area contributed by atoms with Gasteiger partial charge in [0.15, 0.2) is 0 Å². The van der Waals surface area contributed by atoms with Gasteiger partial charge >= 0.3 is 5.97 Å². The van der Waals surface area contributed by atoms with E-state index in [0.717, 1.165) is 11.1 Å². The lowest BCUT2D eigenvalue weighted by Gasteiger charge is -1.98. The minimum atomic E-state index is -1.65. The number of aliphatic carboxylic acids is 1. The second kappa shape index (κ2) is 6.04. The Balaban J connectivity index is 2.15. The Labute approximate surface area is 119 Å². The summed E-state index contributed by atoms with van der Waals surface area (Å²) in [6, 6.07) is 7.67. The third-order valence-electron chi connectivity index (χ3n) is 2.79. The minimum Gasteiger partial charge on any atom is -0.506 e. The van der Waals surface area contributed by atoms with E-state index in [1.165, 1.54) is 12.1 Å². The van der Waals surface area contributed by atoms with E-state index in [4.69, 9.17) is 5.11 Å². The average Bonchev–Trinajstić information content (AvgIpc) is 2.87. The number of hydrogen-bond donors (Lipinski definition) is 3. The smallest absolute Gasteiger partial charge is 0.376 e. The predicted octanol–water partition coefficient (Wildman–Crippen LogP) is 2.30. The van der Waals surface area contributed by atoms with E-state index in [0.29, 0.717) is 12.5 Å². The number of benzene rings is 1. The van der Waals surface area contributed by atoms with E-state index in [-0.39, 0.29) is 11.5 Å². The molecule has 0 aliphatic carbocycles. The van der Waals surface area contributed by atoms with Crippen molar-refractivity contribution >= 4 is 17.5 Å². The molecule has 0 unspecified atom stereocenters. The highest BCUT2D eigenvalue weighted by Crippen LogP contribution is 2.16. The number of rotatable bonds is 5. The van der Waals surface area contributed by atoms with E-state index in [1.807, 2.05) is 0 Å². The predicted molar refractivity (Wildman–Crippen MR) is 73.2 cm³/mol. The third-order valence-corrected chi connectivity index (χ3v) is 2.79. The van der Waals surface area contributed by atoms with E-state index in [9.17, 15) is 19.1 Å². The van der Waals surface area contributed by atoms with Crippen LogP contribution >= 0.6 is 0 Å². The summed E-state index contributed by atoms with van der Waals surface area (Å²) in [6.07, 6.45) is 2.66. The summed E-state index contributed by atoms with van der Waals surface area (Å²) in [7, 11) is 0. The van der Waals surface area contributed by atoms with E-state index in [1.54, 1.807) is 24.4 Å². The van der Waals surface area contributed by atoms with Gasteiger partial charge in [-0.05, 0) is 35.7 Å². The second-order valence-corrected chi connectivity index (χ2v) is 4.43. The number of aliphatic hydroxyl groups excluding tert-OH is 1. The van der Waals surface area contributed by atoms with Crippen molar-refractivity contribution in [2.24, 2.45) is 0 Å². The van der Waals surface area contributed by atoms with Crippen molar-refractivity contribution in [1.82, 2.24) is 4.98 Å². The van der Waals surface area contributed by atoms with Crippen LogP contribution in [0.5, 0.6) is 0 Å². The van der Waals surface area contributed by atoms with Crippen LogP contribution < -0.4 is 0 Å². The quantitative estimate of drug-likeness (QED) is 0.447. The number of aromatic amines is 1. The van der Waals surface area contributed by atoms with Crippen molar-refractivity contribution in [3.05, 3.63) is 65.2 Å². The van der Waals surface area contributed by atoms with Crippen molar-refractivity contribution in [2.45, 2.75) is 6.42 Å². The Morgan fingerprint density at radius 1 is 1.19 bits per heavy atom. The molecule has 1 heterocycles. The molecule has 0 bridgehead atoms. The number of nitrogens with one attached hydrogen (secondary N) is 1. The summed E-state index contributed by atoms with van der Waals surface area (Å²) in [5.74, 6) is -3.66. The molecular weight excluding hydrogens is 277 g/mol. The lowest BCUT2D eigenvalue weighted by atomic mass is 10.1. The number of halogens is 1. The molecule has 3 N–H and O–H groups in total. The molecule has 0 amide bonds. The van der Waals surface area contributed by atoms with E-state index >= 15 is 0 Å². The Bertz CT molecular complexity index is 718. The van der Waals surface area contributed by atoms with Crippen molar-refractivity contribution in [2.75, 3.05) is 0 Å². The van der Waals surface area contributed by atoms with Gasteiger partial charge in [-0.25, -0.2) is 9.18 Å². The second-order valence-electron chi connectivity index (χ2n) is 4.43. The number of carboxylic acid groups (broad SMARTS) is 1. The maximum atomic E-state index is 13.1. The molecule has 0 radical (unpaired) electrons. The number of carboxylic acids is 1. The first kappa shape index (κ1) is 14.5. The molecule has 0 spiro atoms. The highest BCUT2D eigenvalue weighted by atomic mass is 19.1. The molecule has 1 aromatic heterocycles. The maximum absolute atomic E-state index is 13.1. The first-order chi connectivity index (χ1) is 9.95. The fourth-order valence-electron chi connectivity index (χ4n) is 1.84. The van der Waals surface area contributed by atoms with Crippen LogP contribution in [0.25, 0.3) is 5.76 Å². The van der Waals surface area contributed by atoms with Gasteiger partial charge in [0.2, 0.25) is 0 Å². The highest BCUT2D eigenvalue weighted by molar-refractivity contribution is 6.38. The molecule has 5 nitrogen and oxygen atoms in total. The van der Waals surface area contributed by atoms with Crippen molar-refractivity contribution in [3.8, 4) is 0 Å². The van der Waals surface area contributed by atoms with Crippen LogP contribution in [0.4, 0.5) is 4.39 Å². The number of aliphatic hydroxyl groups is 1. The van der Waals surface area contributed by atoms with Crippen LogP contribution in [0.2, 0.25) is 0 Å². The Kier molecular flexibility index (Phi) is 4.18. The first-order valence-corrected chi connectivity index (χ1v) is 6.05. The highest BCUT2D eigenvalue weighted by Gasteiger charge is 2.11. The van der Waals surface area contributed by atoms with Gasteiger partial charge < -0.3 is 15.2 Å². The molecule has 1 aromatic carbocycles. The Morgan fingerprint density at radius 3 is 2.62 bits per heavy atom. The lowest BCUT2D eigenvalue weighted by Crippen LogP contribution is -2.09. The molecule has 2 aromatic rings. The zero-order chi connectivity index (χ0) is 15.4. The van der Waals surface area contributed by atoms with Gasteiger partial charge in [0, 0.05) is 12.3 Å². The van der Waals surface area contributed by atoms with Crippen LogP contribution in [0.15, 0.2) is 42.6 Å². The lowest BCUT2D eigenvalue weighted by molar-refractivity contribution is -0.146. The monoisotopic (exact) mass is 289 g/mol. The summed E-state index contributed by atoms with van der Waals surface area (Å²) in [5.41, 5.74) is 1.74. The average molecular weight is 289 g/mol. The largest absolute Gasteiger partial charge is 0.506 e. The van der Waals surface area contributed by atoms with Crippen LogP contribution in [-0.4, -0.2) is 26.9 Å². The standard InChI is InChI=1S/C15H12FNO4/c16-11-3-1-2-9(5-11)4-10-6-12(17-8-10)13(18)7-14(19)15(20)21/h1-3,5-8,17-18H,4H2,(H,20,21). The number of carbonyl (C=O) groups excluding carboxylic acids is 1. The molecule has 108 valence electrons. The first-order valence-electron chi connectivity index (χ1n) is 6.05. The third kappa shape index (κ3) is 3.79.